The van der Waals surface area contributed by atoms with Crippen LogP contribution in [-0.4, -0.2) is 44.4 Å². The van der Waals surface area contributed by atoms with E-state index >= 15 is 0 Å². The average molecular weight is 534 g/mol. The zero-order valence-electron chi connectivity index (χ0n) is 22.0. The van der Waals surface area contributed by atoms with Gasteiger partial charge in [0.2, 0.25) is 11.8 Å². The molecular weight excluding hydrogens is 502 g/mol. The maximum Gasteiger partial charge on any atom is 0.247 e. The smallest absolute Gasteiger partial charge is 0.247 e. The van der Waals surface area contributed by atoms with E-state index in [-0.39, 0.29) is 24.9 Å². The summed E-state index contributed by atoms with van der Waals surface area (Å²) in [7, 11) is 1.58. The molecule has 2 amide bonds. The monoisotopic (exact) mass is 533 g/mol. The van der Waals surface area contributed by atoms with Gasteiger partial charge in [-0.1, -0.05) is 66.2 Å². The Bertz CT molecular complexity index is 1420. The summed E-state index contributed by atoms with van der Waals surface area (Å²) in [6, 6.07) is 21.0. The van der Waals surface area contributed by atoms with Gasteiger partial charge in [-0.2, -0.15) is 0 Å². The predicted molar refractivity (Wildman–Crippen MR) is 148 cm³/mol. The molecule has 0 saturated carbocycles. The van der Waals surface area contributed by atoms with Gasteiger partial charge in [0.15, 0.2) is 0 Å². The number of fused-ring (bicyclic) bond motifs is 1. The van der Waals surface area contributed by atoms with E-state index < -0.39 is 11.6 Å². The second-order valence-electron chi connectivity index (χ2n) is 9.75. The molecule has 8 nitrogen and oxygen atoms in total. The van der Waals surface area contributed by atoms with Gasteiger partial charge in [0.1, 0.15) is 23.9 Å². The molecule has 0 spiro atoms. The third-order valence-corrected chi connectivity index (χ3v) is 7.03. The Morgan fingerprint density at radius 2 is 1.74 bits per heavy atom. The van der Waals surface area contributed by atoms with E-state index in [0.29, 0.717) is 21.9 Å². The fourth-order valence-electron chi connectivity index (χ4n) is 4.14. The predicted octanol–water partition coefficient (Wildman–Crippen LogP) is 5.17. The van der Waals surface area contributed by atoms with Gasteiger partial charge in [-0.15, -0.1) is 5.10 Å². The summed E-state index contributed by atoms with van der Waals surface area (Å²) in [6.07, 6.45) is 0.720. The van der Waals surface area contributed by atoms with Gasteiger partial charge in [-0.05, 0) is 61.7 Å². The lowest BCUT2D eigenvalue weighted by atomic mass is 9.98. The number of aromatic nitrogens is 3. The van der Waals surface area contributed by atoms with Crippen molar-refractivity contribution in [3.05, 3.63) is 88.9 Å². The Balaban J connectivity index is 1.78. The summed E-state index contributed by atoms with van der Waals surface area (Å²) in [5, 5.41) is 12.0. The van der Waals surface area contributed by atoms with Crippen molar-refractivity contribution >= 4 is 34.4 Å². The standard InChI is InChI=1S/C29H32ClN5O3/c1-5-29(2,3)31-28(37)27(20-14-16-22(38-4)17-15-20)34(18-21-10-6-7-11-23(21)30)26(36)19-35-25-13-9-8-12-24(25)32-33-35/h6-17,27H,5,18-19H2,1-4H3,(H,31,37)/t27-/m0/s1. The van der Waals surface area contributed by atoms with Crippen LogP contribution in [0, 0.1) is 0 Å². The first kappa shape index (κ1) is 27.1. The topological polar surface area (TPSA) is 89.4 Å². The number of carbonyl (C=O) groups excluding carboxylic acids is 2. The molecule has 38 heavy (non-hydrogen) atoms. The van der Waals surface area contributed by atoms with Crippen molar-refractivity contribution in [2.45, 2.75) is 51.9 Å². The van der Waals surface area contributed by atoms with Crippen LogP contribution in [0.2, 0.25) is 5.02 Å². The summed E-state index contributed by atoms with van der Waals surface area (Å²) in [5.41, 5.74) is 2.33. The second-order valence-corrected chi connectivity index (χ2v) is 10.2. The lowest BCUT2D eigenvalue weighted by Crippen LogP contribution is -2.50. The Labute approximate surface area is 227 Å². The average Bonchev–Trinajstić information content (AvgIpc) is 3.32. The zero-order chi connectivity index (χ0) is 27.3. The van der Waals surface area contributed by atoms with E-state index in [1.807, 2.05) is 63.2 Å². The molecule has 1 heterocycles. The van der Waals surface area contributed by atoms with E-state index in [1.165, 1.54) is 0 Å². The summed E-state index contributed by atoms with van der Waals surface area (Å²) in [5.74, 6) is 0.0663. The molecule has 0 radical (unpaired) electrons. The molecule has 1 N–H and O–H groups in total. The maximum absolute atomic E-state index is 14.0. The number of para-hydroxylation sites is 1. The van der Waals surface area contributed by atoms with Crippen molar-refractivity contribution in [3.8, 4) is 5.75 Å². The Hall–Kier alpha value is -3.91. The largest absolute Gasteiger partial charge is 0.497 e. The summed E-state index contributed by atoms with van der Waals surface area (Å²) < 4.78 is 6.87. The highest BCUT2D eigenvalue weighted by Crippen LogP contribution is 2.29. The molecule has 0 aliphatic carbocycles. The summed E-state index contributed by atoms with van der Waals surface area (Å²) in [6.45, 7) is 5.95. The molecule has 0 unspecified atom stereocenters. The lowest BCUT2D eigenvalue weighted by molar-refractivity contribution is -0.143. The number of nitrogens with zero attached hydrogens (tertiary/aromatic N) is 4. The van der Waals surface area contributed by atoms with E-state index in [9.17, 15) is 9.59 Å². The number of halogens is 1. The molecule has 198 valence electrons. The Morgan fingerprint density at radius 3 is 2.42 bits per heavy atom. The molecule has 3 aromatic carbocycles. The van der Waals surface area contributed by atoms with Crippen LogP contribution in [0.5, 0.6) is 5.75 Å². The number of hydrogen-bond donors (Lipinski definition) is 1. The third kappa shape index (κ3) is 6.14. The first-order chi connectivity index (χ1) is 18.2. The zero-order valence-corrected chi connectivity index (χ0v) is 22.8. The Kier molecular flexibility index (Phi) is 8.32. The minimum atomic E-state index is -0.926. The second kappa shape index (κ2) is 11.6. The number of rotatable bonds is 10. The minimum Gasteiger partial charge on any atom is -0.497 e. The van der Waals surface area contributed by atoms with Crippen LogP contribution in [-0.2, 0) is 22.7 Å². The number of carbonyl (C=O) groups is 2. The Morgan fingerprint density at radius 1 is 1.05 bits per heavy atom. The van der Waals surface area contributed by atoms with Crippen molar-refractivity contribution in [1.29, 1.82) is 0 Å². The number of nitrogens with one attached hydrogen (secondary N) is 1. The van der Waals surface area contributed by atoms with Crippen LogP contribution >= 0.6 is 11.6 Å². The van der Waals surface area contributed by atoms with Crippen LogP contribution in [0.1, 0.15) is 44.4 Å². The fraction of sp³-hybridized carbons (Fsp3) is 0.310. The van der Waals surface area contributed by atoms with Gasteiger partial charge in [0.25, 0.3) is 0 Å². The van der Waals surface area contributed by atoms with E-state index in [4.69, 9.17) is 16.3 Å². The number of amides is 2. The van der Waals surface area contributed by atoms with Crippen molar-refractivity contribution in [1.82, 2.24) is 25.2 Å². The number of benzene rings is 3. The molecule has 4 aromatic rings. The van der Waals surface area contributed by atoms with Crippen molar-refractivity contribution in [3.63, 3.8) is 0 Å². The number of ether oxygens (including phenoxy) is 1. The first-order valence-corrected chi connectivity index (χ1v) is 12.9. The SMILES string of the molecule is CCC(C)(C)NC(=O)[C@H](c1ccc(OC)cc1)N(Cc1ccccc1Cl)C(=O)Cn1nnc2ccccc21. The number of hydrogen-bond acceptors (Lipinski definition) is 5. The van der Waals surface area contributed by atoms with Crippen LogP contribution in [0.4, 0.5) is 0 Å². The summed E-state index contributed by atoms with van der Waals surface area (Å²) in [4.78, 5) is 29.5. The minimum absolute atomic E-state index is 0.0952. The molecule has 0 aliphatic heterocycles. The molecular formula is C29H32ClN5O3. The number of methoxy groups -OCH3 is 1. The van der Waals surface area contributed by atoms with E-state index in [0.717, 1.165) is 17.5 Å². The summed E-state index contributed by atoms with van der Waals surface area (Å²) >= 11 is 6.51. The van der Waals surface area contributed by atoms with E-state index in [1.54, 1.807) is 47.0 Å². The van der Waals surface area contributed by atoms with Crippen molar-refractivity contribution in [2.75, 3.05) is 7.11 Å². The van der Waals surface area contributed by atoms with Crippen LogP contribution in [0.15, 0.2) is 72.8 Å². The van der Waals surface area contributed by atoms with Crippen molar-refractivity contribution in [2.24, 2.45) is 0 Å². The van der Waals surface area contributed by atoms with Crippen LogP contribution < -0.4 is 10.1 Å². The highest BCUT2D eigenvalue weighted by molar-refractivity contribution is 6.31. The van der Waals surface area contributed by atoms with Crippen molar-refractivity contribution < 1.29 is 14.3 Å². The molecule has 1 atom stereocenters. The van der Waals surface area contributed by atoms with Gasteiger partial charge in [-0.25, -0.2) is 4.68 Å². The third-order valence-electron chi connectivity index (χ3n) is 6.66. The molecule has 0 aliphatic rings. The molecule has 9 heteroatoms. The van der Waals surface area contributed by atoms with Gasteiger partial charge in [0.05, 0.1) is 12.6 Å². The quantitative estimate of drug-likeness (QED) is 0.304. The van der Waals surface area contributed by atoms with Gasteiger partial charge in [-0.3, -0.25) is 9.59 Å². The van der Waals surface area contributed by atoms with Crippen LogP contribution in [0.25, 0.3) is 11.0 Å². The molecule has 4 rings (SSSR count). The highest BCUT2D eigenvalue weighted by Gasteiger charge is 2.34. The van der Waals surface area contributed by atoms with Gasteiger partial charge < -0.3 is 15.0 Å². The lowest BCUT2D eigenvalue weighted by Gasteiger charge is -2.35. The van der Waals surface area contributed by atoms with E-state index in [2.05, 4.69) is 15.6 Å². The fourth-order valence-corrected chi connectivity index (χ4v) is 4.33. The molecule has 0 bridgehead atoms. The molecule has 0 saturated heterocycles. The van der Waals surface area contributed by atoms with Gasteiger partial charge >= 0.3 is 0 Å². The van der Waals surface area contributed by atoms with Crippen LogP contribution in [0.3, 0.4) is 0 Å². The first-order valence-electron chi connectivity index (χ1n) is 12.5. The normalized spacial score (nSPS) is 12.2. The highest BCUT2D eigenvalue weighted by atomic mass is 35.5. The van der Waals surface area contributed by atoms with Gasteiger partial charge in [0, 0.05) is 17.1 Å². The maximum atomic E-state index is 14.0. The molecule has 1 aromatic heterocycles. The molecule has 0 fully saturated rings.